The molecule has 2 amide bonds. The Labute approximate surface area is 155 Å². The van der Waals surface area contributed by atoms with Crippen LogP contribution in [0.5, 0.6) is 5.75 Å². The number of ether oxygens (including phenoxy) is 1. The summed E-state index contributed by atoms with van der Waals surface area (Å²) in [6.45, 7) is 0.173. The van der Waals surface area contributed by atoms with E-state index in [1.54, 1.807) is 54.7 Å². The second-order valence-electron chi connectivity index (χ2n) is 5.56. The largest absolute Gasteiger partial charge is 0.488 e. The Hall–Kier alpha value is -3.74. The van der Waals surface area contributed by atoms with Crippen LogP contribution in [0.15, 0.2) is 73.1 Å². The van der Waals surface area contributed by atoms with E-state index in [9.17, 15) is 14.0 Å². The van der Waals surface area contributed by atoms with Gasteiger partial charge in [-0.2, -0.15) is 0 Å². The van der Waals surface area contributed by atoms with E-state index >= 15 is 0 Å². The first-order chi connectivity index (χ1) is 13.1. The summed E-state index contributed by atoms with van der Waals surface area (Å²) in [5.74, 6) is -0.999. The van der Waals surface area contributed by atoms with Gasteiger partial charge in [-0.1, -0.05) is 24.3 Å². The van der Waals surface area contributed by atoms with E-state index in [0.717, 1.165) is 5.56 Å². The predicted molar refractivity (Wildman–Crippen MR) is 96.3 cm³/mol. The van der Waals surface area contributed by atoms with Gasteiger partial charge in [-0.15, -0.1) is 0 Å². The molecule has 1 aromatic heterocycles. The first kappa shape index (κ1) is 18.1. The van der Waals surface area contributed by atoms with Gasteiger partial charge in [-0.25, -0.2) is 4.39 Å². The third-order valence-electron chi connectivity index (χ3n) is 3.65. The Morgan fingerprint density at radius 3 is 2.41 bits per heavy atom. The number of halogens is 1. The molecule has 0 fully saturated rings. The Balaban J connectivity index is 1.63. The Bertz CT molecular complexity index is 931. The maximum absolute atomic E-state index is 13.0. The number of carbonyl (C=O) groups is 2. The summed E-state index contributed by atoms with van der Waals surface area (Å²) in [6.07, 6.45) is 2.94. The number of rotatable bonds is 5. The zero-order valence-electron chi connectivity index (χ0n) is 14.2. The molecular formula is C20H16FN3O3. The van der Waals surface area contributed by atoms with Gasteiger partial charge in [0.1, 0.15) is 18.2 Å². The molecule has 27 heavy (non-hydrogen) atoms. The number of hydrogen-bond acceptors (Lipinski definition) is 4. The SMILES string of the molecule is O=C(NNC(=O)c1ccccc1OCc1ccc(F)cc1)c1cccnc1. The van der Waals surface area contributed by atoms with Crippen LogP contribution < -0.4 is 15.6 Å². The van der Waals surface area contributed by atoms with Crippen LogP contribution in [0, 0.1) is 5.82 Å². The van der Waals surface area contributed by atoms with Crippen molar-refractivity contribution in [3.8, 4) is 5.75 Å². The number of aromatic nitrogens is 1. The lowest BCUT2D eigenvalue weighted by Gasteiger charge is -2.12. The Morgan fingerprint density at radius 1 is 0.926 bits per heavy atom. The fourth-order valence-corrected chi connectivity index (χ4v) is 2.27. The van der Waals surface area contributed by atoms with Gasteiger partial charge in [0.2, 0.25) is 0 Å². The molecule has 0 bridgehead atoms. The van der Waals surface area contributed by atoms with Gasteiger partial charge in [-0.3, -0.25) is 25.4 Å². The average Bonchev–Trinajstić information content (AvgIpc) is 2.72. The van der Waals surface area contributed by atoms with E-state index in [1.807, 2.05) is 0 Å². The van der Waals surface area contributed by atoms with Gasteiger partial charge < -0.3 is 4.74 Å². The molecule has 2 aromatic carbocycles. The van der Waals surface area contributed by atoms with E-state index in [4.69, 9.17) is 4.74 Å². The third kappa shape index (κ3) is 4.88. The number of carbonyl (C=O) groups excluding carboxylic acids is 2. The monoisotopic (exact) mass is 365 g/mol. The van der Waals surface area contributed by atoms with Gasteiger partial charge in [-0.05, 0) is 42.0 Å². The summed E-state index contributed by atoms with van der Waals surface area (Å²) < 4.78 is 18.6. The second kappa shape index (κ2) is 8.57. The van der Waals surface area contributed by atoms with Crippen LogP contribution in [0.4, 0.5) is 4.39 Å². The van der Waals surface area contributed by atoms with Crippen molar-refractivity contribution >= 4 is 11.8 Å². The van der Waals surface area contributed by atoms with Crippen molar-refractivity contribution in [2.45, 2.75) is 6.61 Å². The van der Waals surface area contributed by atoms with Crippen molar-refractivity contribution in [2.75, 3.05) is 0 Å². The minimum Gasteiger partial charge on any atom is -0.488 e. The standard InChI is InChI=1S/C20H16FN3O3/c21-16-9-7-14(8-10-16)13-27-18-6-2-1-5-17(18)20(26)24-23-19(25)15-4-3-11-22-12-15/h1-12H,13H2,(H,23,25)(H,24,26). The predicted octanol–water partition coefficient (Wildman–Crippen LogP) is 2.87. The lowest BCUT2D eigenvalue weighted by atomic mass is 10.2. The summed E-state index contributed by atoms with van der Waals surface area (Å²) in [5, 5.41) is 0. The number of benzene rings is 2. The molecule has 6 nitrogen and oxygen atoms in total. The van der Waals surface area contributed by atoms with E-state index in [1.165, 1.54) is 18.3 Å². The first-order valence-electron chi connectivity index (χ1n) is 8.10. The number of hydrogen-bond donors (Lipinski definition) is 2. The number of pyridine rings is 1. The number of nitrogens with zero attached hydrogens (tertiary/aromatic N) is 1. The molecule has 7 heteroatoms. The van der Waals surface area contributed by atoms with Crippen LogP contribution in [-0.2, 0) is 6.61 Å². The molecule has 1 heterocycles. The topological polar surface area (TPSA) is 80.3 Å². The van der Waals surface area contributed by atoms with Crippen molar-refractivity contribution in [3.05, 3.63) is 95.6 Å². The molecule has 0 unspecified atom stereocenters. The molecule has 0 saturated carbocycles. The van der Waals surface area contributed by atoms with Gasteiger partial charge in [0.25, 0.3) is 11.8 Å². The molecule has 0 atom stereocenters. The lowest BCUT2D eigenvalue weighted by Crippen LogP contribution is -2.41. The summed E-state index contributed by atoms with van der Waals surface area (Å²) in [5.41, 5.74) is 6.01. The quantitative estimate of drug-likeness (QED) is 0.682. The minimum absolute atomic E-state index is 0.173. The summed E-state index contributed by atoms with van der Waals surface area (Å²) in [4.78, 5) is 28.2. The molecule has 0 aliphatic carbocycles. The van der Waals surface area contributed by atoms with Crippen LogP contribution in [-0.4, -0.2) is 16.8 Å². The maximum atomic E-state index is 13.0. The van der Waals surface area contributed by atoms with Gasteiger partial charge >= 0.3 is 0 Å². The summed E-state index contributed by atoms with van der Waals surface area (Å²) in [6, 6.07) is 15.7. The van der Waals surface area contributed by atoms with Crippen LogP contribution >= 0.6 is 0 Å². The molecule has 3 rings (SSSR count). The van der Waals surface area contributed by atoms with Crippen LogP contribution in [0.1, 0.15) is 26.3 Å². The number of amides is 2. The van der Waals surface area contributed by atoms with Crippen LogP contribution in [0.3, 0.4) is 0 Å². The summed E-state index contributed by atoms with van der Waals surface area (Å²) in [7, 11) is 0. The average molecular weight is 365 g/mol. The normalized spacial score (nSPS) is 10.1. The minimum atomic E-state index is -0.526. The maximum Gasteiger partial charge on any atom is 0.273 e. The highest BCUT2D eigenvalue weighted by atomic mass is 19.1. The lowest BCUT2D eigenvalue weighted by molar-refractivity contribution is 0.0844. The van der Waals surface area contributed by atoms with Gasteiger partial charge in [0.05, 0.1) is 11.1 Å². The number of hydrazine groups is 1. The van der Waals surface area contributed by atoms with Crippen molar-refractivity contribution in [2.24, 2.45) is 0 Å². The van der Waals surface area contributed by atoms with E-state index in [2.05, 4.69) is 15.8 Å². The molecule has 3 aromatic rings. The highest BCUT2D eigenvalue weighted by Gasteiger charge is 2.14. The van der Waals surface area contributed by atoms with Gasteiger partial charge in [0, 0.05) is 12.4 Å². The first-order valence-corrected chi connectivity index (χ1v) is 8.10. The molecule has 0 aliphatic heterocycles. The van der Waals surface area contributed by atoms with Crippen molar-refractivity contribution < 1.29 is 18.7 Å². The van der Waals surface area contributed by atoms with E-state index in [0.29, 0.717) is 11.3 Å². The zero-order chi connectivity index (χ0) is 19.1. The van der Waals surface area contributed by atoms with Crippen molar-refractivity contribution in [1.29, 1.82) is 0 Å². The van der Waals surface area contributed by atoms with E-state index < -0.39 is 11.8 Å². The van der Waals surface area contributed by atoms with Crippen LogP contribution in [0.2, 0.25) is 0 Å². The fraction of sp³-hybridized carbons (Fsp3) is 0.0500. The molecular weight excluding hydrogens is 349 g/mol. The summed E-state index contributed by atoms with van der Waals surface area (Å²) >= 11 is 0. The molecule has 0 spiro atoms. The smallest absolute Gasteiger partial charge is 0.273 e. The Kier molecular flexibility index (Phi) is 5.73. The third-order valence-corrected chi connectivity index (χ3v) is 3.65. The molecule has 0 saturated heterocycles. The van der Waals surface area contributed by atoms with Crippen LogP contribution in [0.25, 0.3) is 0 Å². The van der Waals surface area contributed by atoms with Crippen molar-refractivity contribution in [3.63, 3.8) is 0 Å². The Morgan fingerprint density at radius 2 is 1.67 bits per heavy atom. The van der Waals surface area contributed by atoms with Crippen molar-refractivity contribution in [1.82, 2.24) is 15.8 Å². The molecule has 136 valence electrons. The second-order valence-corrected chi connectivity index (χ2v) is 5.56. The highest BCUT2D eigenvalue weighted by molar-refractivity contribution is 6.00. The number of nitrogens with one attached hydrogen (secondary N) is 2. The number of para-hydroxylation sites is 1. The highest BCUT2D eigenvalue weighted by Crippen LogP contribution is 2.19. The molecule has 2 N–H and O–H groups in total. The van der Waals surface area contributed by atoms with E-state index in [-0.39, 0.29) is 18.0 Å². The molecule has 0 radical (unpaired) electrons. The molecule has 0 aliphatic rings. The fourth-order valence-electron chi connectivity index (χ4n) is 2.27. The zero-order valence-corrected chi connectivity index (χ0v) is 14.2. The van der Waals surface area contributed by atoms with Gasteiger partial charge in [0.15, 0.2) is 0 Å².